The normalized spacial score (nSPS) is 12.4. The highest BCUT2D eigenvalue weighted by Gasteiger charge is 2.27. The highest BCUT2D eigenvalue weighted by Crippen LogP contribution is 2.37. The fraction of sp³-hybridized carbons (Fsp3) is 0.364. The van der Waals surface area contributed by atoms with Crippen molar-refractivity contribution in [1.82, 2.24) is 5.43 Å². The maximum atomic E-state index is 12.7. The molecule has 0 saturated heterocycles. The Morgan fingerprint density at radius 1 is 1.00 bits per heavy atom. The number of rotatable bonds is 3. The van der Waals surface area contributed by atoms with Crippen molar-refractivity contribution in [1.29, 1.82) is 0 Å². The molecule has 0 radical (unpaired) electrons. The Hall–Kier alpha value is -2.82. The number of phenols is 2. The summed E-state index contributed by atoms with van der Waals surface area (Å²) in [6.07, 6.45) is 1.36. The van der Waals surface area contributed by atoms with E-state index in [-0.39, 0.29) is 27.9 Å². The molecule has 2 rings (SSSR count). The summed E-state index contributed by atoms with van der Waals surface area (Å²) in [5, 5.41) is 24.3. The molecule has 3 N–H and O–H groups in total. The summed E-state index contributed by atoms with van der Waals surface area (Å²) in [7, 11) is 0. The zero-order valence-electron chi connectivity index (χ0n) is 16.8. The first kappa shape index (κ1) is 20.5. The number of carbonyl (C=O) groups is 1. The van der Waals surface area contributed by atoms with Gasteiger partial charge in [0, 0.05) is 11.1 Å². The first-order chi connectivity index (χ1) is 12.4. The fourth-order valence-electron chi connectivity index (χ4n) is 2.63. The summed E-state index contributed by atoms with van der Waals surface area (Å²) >= 11 is 0. The minimum absolute atomic E-state index is 0.0363. The van der Waals surface area contributed by atoms with Crippen molar-refractivity contribution in [2.24, 2.45) is 5.10 Å². The molecule has 0 saturated carbocycles. The fourth-order valence-corrected chi connectivity index (χ4v) is 2.63. The molecule has 0 unspecified atom stereocenters. The molecule has 2 aromatic rings. The lowest BCUT2D eigenvalue weighted by Gasteiger charge is -2.27. The van der Waals surface area contributed by atoms with Crippen molar-refractivity contribution in [3.63, 3.8) is 0 Å². The number of hydrogen-bond donors (Lipinski definition) is 3. The molecule has 5 heteroatoms. The Morgan fingerprint density at radius 2 is 1.63 bits per heavy atom. The van der Waals surface area contributed by atoms with Gasteiger partial charge in [0.05, 0.1) is 11.8 Å². The van der Waals surface area contributed by atoms with Gasteiger partial charge in [-0.25, -0.2) is 5.43 Å². The van der Waals surface area contributed by atoms with Crippen molar-refractivity contribution >= 4 is 12.1 Å². The van der Waals surface area contributed by atoms with E-state index in [0.717, 1.165) is 5.56 Å². The molecule has 144 valence electrons. The monoisotopic (exact) mass is 368 g/mol. The number of nitrogens with zero attached hydrogens (tertiary/aromatic N) is 1. The average Bonchev–Trinajstić information content (AvgIpc) is 2.54. The topological polar surface area (TPSA) is 81.9 Å². The molecule has 0 spiro atoms. The third-order valence-corrected chi connectivity index (χ3v) is 4.34. The molecule has 0 aliphatic heterocycles. The number of hydrazone groups is 1. The predicted molar refractivity (Wildman–Crippen MR) is 109 cm³/mol. The summed E-state index contributed by atoms with van der Waals surface area (Å²) in [4.78, 5) is 12.7. The van der Waals surface area contributed by atoms with Gasteiger partial charge < -0.3 is 10.2 Å². The van der Waals surface area contributed by atoms with Crippen LogP contribution in [0.4, 0.5) is 0 Å². The van der Waals surface area contributed by atoms with Gasteiger partial charge in [0.1, 0.15) is 11.5 Å². The van der Waals surface area contributed by atoms with Gasteiger partial charge in [0.25, 0.3) is 5.91 Å². The Balaban J connectivity index is 2.38. The number of carbonyl (C=O) groups excluding carboxylic acids is 1. The molecule has 0 heterocycles. The zero-order valence-corrected chi connectivity index (χ0v) is 16.8. The van der Waals surface area contributed by atoms with Crippen LogP contribution in [-0.4, -0.2) is 22.3 Å². The summed E-state index contributed by atoms with van der Waals surface area (Å²) < 4.78 is 0. The van der Waals surface area contributed by atoms with E-state index in [9.17, 15) is 15.0 Å². The van der Waals surface area contributed by atoms with Crippen molar-refractivity contribution in [3.8, 4) is 11.5 Å². The Morgan fingerprint density at radius 3 is 2.19 bits per heavy atom. The molecule has 0 fully saturated rings. The lowest BCUT2D eigenvalue weighted by molar-refractivity contribution is 0.0952. The third kappa shape index (κ3) is 4.88. The van der Waals surface area contributed by atoms with Gasteiger partial charge >= 0.3 is 0 Å². The van der Waals surface area contributed by atoms with E-state index < -0.39 is 5.91 Å². The van der Waals surface area contributed by atoms with Crippen LogP contribution < -0.4 is 5.43 Å². The van der Waals surface area contributed by atoms with Crippen LogP contribution >= 0.6 is 0 Å². The van der Waals surface area contributed by atoms with Crippen molar-refractivity contribution < 1.29 is 15.0 Å². The smallest absolute Gasteiger partial charge is 0.275 e. The van der Waals surface area contributed by atoms with E-state index in [1.54, 1.807) is 24.3 Å². The lowest BCUT2D eigenvalue weighted by Crippen LogP contribution is -2.22. The molecular weight excluding hydrogens is 340 g/mol. The zero-order chi connectivity index (χ0) is 20.4. The minimum atomic E-state index is -0.504. The Kier molecular flexibility index (Phi) is 5.64. The summed E-state index contributed by atoms with van der Waals surface area (Å²) in [5.74, 6) is -0.468. The second-order valence-electron chi connectivity index (χ2n) is 8.68. The molecule has 1 amide bonds. The number of nitrogens with one attached hydrogen (secondary N) is 1. The largest absolute Gasteiger partial charge is 0.507 e. The van der Waals surface area contributed by atoms with Crippen LogP contribution in [0.2, 0.25) is 0 Å². The second-order valence-corrected chi connectivity index (χ2v) is 8.68. The number of benzene rings is 2. The predicted octanol–water partition coefficient (Wildman–Crippen LogP) is 4.46. The highest BCUT2D eigenvalue weighted by atomic mass is 16.3. The van der Waals surface area contributed by atoms with Gasteiger partial charge in [0.15, 0.2) is 0 Å². The average molecular weight is 368 g/mol. The quantitative estimate of drug-likeness (QED) is 0.553. The molecule has 27 heavy (non-hydrogen) atoms. The summed E-state index contributed by atoms with van der Waals surface area (Å²) in [6.45, 7) is 12.2. The van der Waals surface area contributed by atoms with Crippen molar-refractivity contribution in [2.45, 2.75) is 52.4 Å². The van der Waals surface area contributed by atoms with Gasteiger partial charge in [-0.15, -0.1) is 0 Å². The Bertz CT molecular complexity index is 872. The summed E-state index contributed by atoms with van der Waals surface area (Å²) in [6, 6.07) is 10.3. The molecule has 2 aromatic carbocycles. The van der Waals surface area contributed by atoms with E-state index in [0.29, 0.717) is 11.1 Å². The van der Waals surface area contributed by atoms with Gasteiger partial charge in [-0.3, -0.25) is 4.79 Å². The molecule has 0 aromatic heterocycles. The van der Waals surface area contributed by atoms with Crippen LogP contribution in [0.15, 0.2) is 41.5 Å². The molecule has 0 bridgehead atoms. The van der Waals surface area contributed by atoms with Crippen LogP contribution in [0.1, 0.15) is 68.6 Å². The van der Waals surface area contributed by atoms with Gasteiger partial charge in [-0.2, -0.15) is 5.10 Å². The highest BCUT2D eigenvalue weighted by molar-refractivity contribution is 5.98. The first-order valence-electron chi connectivity index (χ1n) is 8.90. The van der Waals surface area contributed by atoms with E-state index in [1.807, 2.05) is 26.8 Å². The van der Waals surface area contributed by atoms with Crippen molar-refractivity contribution in [3.05, 3.63) is 58.7 Å². The first-order valence-corrected chi connectivity index (χ1v) is 8.90. The minimum Gasteiger partial charge on any atom is -0.507 e. The van der Waals surface area contributed by atoms with E-state index in [4.69, 9.17) is 0 Å². The van der Waals surface area contributed by atoms with Crippen LogP contribution in [0.3, 0.4) is 0 Å². The maximum Gasteiger partial charge on any atom is 0.275 e. The standard InChI is InChI=1S/C22H28N2O3/c1-21(2,3)15-11-16(19(26)17(12-15)22(4,5)6)20(27)24-23-13-14-9-7-8-10-18(14)25/h7-13,25-26H,1-6H3,(H,24,27). The molecule has 0 atom stereocenters. The van der Waals surface area contributed by atoms with Crippen molar-refractivity contribution in [2.75, 3.05) is 0 Å². The van der Waals surface area contributed by atoms with E-state index >= 15 is 0 Å². The summed E-state index contributed by atoms with van der Waals surface area (Å²) in [5.41, 5.74) is 4.27. The molecule has 0 aliphatic rings. The number of para-hydroxylation sites is 1. The molecule has 0 aliphatic carbocycles. The van der Waals surface area contributed by atoms with Gasteiger partial charge in [-0.05, 0) is 34.6 Å². The van der Waals surface area contributed by atoms with Crippen LogP contribution in [-0.2, 0) is 10.8 Å². The number of aromatic hydroxyl groups is 2. The Labute approximate surface area is 160 Å². The third-order valence-electron chi connectivity index (χ3n) is 4.34. The van der Waals surface area contributed by atoms with Gasteiger partial charge in [-0.1, -0.05) is 59.7 Å². The van der Waals surface area contributed by atoms with Crippen LogP contribution in [0, 0.1) is 0 Å². The van der Waals surface area contributed by atoms with Crippen LogP contribution in [0.5, 0.6) is 11.5 Å². The van der Waals surface area contributed by atoms with E-state index in [2.05, 4.69) is 31.3 Å². The molecular formula is C22H28N2O3. The van der Waals surface area contributed by atoms with Gasteiger partial charge in [0.2, 0.25) is 0 Å². The lowest BCUT2D eigenvalue weighted by atomic mass is 9.79. The number of phenolic OH excluding ortho intramolecular Hbond substituents is 2. The number of amides is 1. The second kappa shape index (κ2) is 7.43. The van der Waals surface area contributed by atoms with Crippen LogP contribution in [0.25, 0.3) is 0 Å². The molecule has 5 nitrogen and oxygen atoms in total. The maximum absolute atomic E-state index is 12.7. The SMILES string of the molecule is CC(C)(C)c1cc(C(=O)NN=Cc2ccccc2O)c(O)c(C(C)(C)C)c1. The van der Waals surface area contributed by atoms with E-state index in [1.165, 1.54) is 12.3 Å². The number of hydrogen-bond acceptors (Lipinski definition) is 4.